The van der Waals surface area contributed by atoms with Gasteiger partial charge in [0, 0.05) is 24.9 Å². The number of carbonyl (C=O) groups is 2. The van der Waals surface area contributed by atoms with Gasteiger partial charge in [0.2, 0.25) is 11.8 Å². The summed E-state index contributed by atoms with van der Waals surface area (Å²) in [5.41, 5.74) is 0.669. The third kappa shape index (κ3) is 4.30. The van der Waals surface area contributed by atoms with Gasteiger partial charge in [0.15, 0.2) is 5.75 Å². The molecule has 2 aromatic carbocycles. The Kier molecular flexibility index (Phi) is 5.10. The van der Waals surface area contributed by atoms with Gasteiger partial charge in [-0.05, 0) is 49.9 Å². The average Bonchev–Trinajstić information content (AvgIpc) is 3.55. The number of anilines is 1. The molecule has 1 aliphatic carbocycles. The molecule has 2 aromatic rings. The standard InChI is InChI=1S/C22H24N2O3/c25-21(16-12-14-24(15-13-16)22(26)17-10-11-17)23-19-8-4-5-9-20(19)27-18-6-2-1-3-7-18/h1-9,16-17H,10-15H2,(H,23,25). The third-order valence-corrected chi connectivity index (χ3v) is 5.22. The Morgan fingerprint density at radius 3 is 2.22 bits per heavy atom. The number of piperidine rings is 1. The Morgan fingerprint density at radius 1 is 0.852 bits per heavy atom. The minimum Gasteiger partial charge on any atom is -0.455 e. The molecule has 2 aliphatic rings. The van der Waals surface area contributed by atoms with Gasteiger partial charge in [-0.25, -0.2) is 0 Å². The summed E-state index contributed by atoms with van der Waals surface area (Å²) in [7, 11) is 0. The van der Waals surface area contributed by atoms with Crippen molar-refractivity contribution in [3.8, 4) is 11.5 Å². The Balaban J connectivity index is 1.36. The molecule has 0 atom stereocenters. The van der Waals surface area contributed by atoms with Crippen molar-refractivity contribution in [1.29, 1.82) is 0 Å². The van der Waals surface area contributed by atoms with Gasteiger partial charge in [0.1, 0.15) is 5.75 Å². The topological polar surface area (TPSA) is 58.6 Å². The van der Waals surface area contributed by atoms with Gasteiger partial charge in [-0.1, -0.05) is 30.3 Å². The number of nitrogens with one attached hydrogen (secondary N) is 1. The van der Waals surface area contributed by atoms with Crippen LogP contribution in [0.3, 0.4) is 0 Å². The summed E-state index contributed by atoms with van der Waals surface area (Å²) in [5.74, 6) is 1.80. The molecular formula is C22H24N2O3. The smallest absolute Gasteiger partial charge is 0.227 e. The second kappa shape index (κ2) is 7.82. The van der Waals surface area contributed by atoms with Crippen molar-refractivity contribution in [3.05, 3.63) is 54.6 Å². The van der Waals surface area contributed by atoms with E-state index in [2.05, 4.69) is 5.32 Å². The summed E-state index contributed by atoms with van der Waals surface area (Å²) in [5, 5.41) is 3.01. The van der Waals surface area contributed by atoms with Crippen LogP contribution >= 0.6 is 0 Å². The van der Waals surface area contributed by atoms with E-state index in [1.807, 2.05) is 59.5 Å². The van der Waals surface area contributed by atoms with Crippen LogP contribution in [-0.4, -0.2) is 29.8 Å². The molecule has 5 nitrogen and oxygen atoms in total. The number of carbonyl (C=O) groups excluding carboxylic acids is 2. The number of rotatable bonds is 5. The zero-order valence-electron chi connectivity index (χ0n) is 15.3. The average molecular weight is 364 g/mol. The van der Waals surface area contributed by atoms with Crippen molar-refractivity contribution in [1.82, 2.24) is 4.90 Å². The van der Waals surface area contributed by atoms with Gasteiger partial charge in [-0.15, -0.1) is 0 Å². The number of ether oxygens (including phenoxy) is 1. The summed E-state index contributed by atoms with van der Waals surface area (Å²) in [6, 6.07) is 17.0. The molecule has 2 amide bonds. The maximum Gasteiger partial charge on any atom is 0.227 e. The highest BCUT2D eigenvalue weighted by atomic mass is 16.5. The normalized spacial score (nSPS) is 17.4. The molecule has 2 fully saturated rings. The van der Waals surface area contributed by atoms with E-state index in [1.54, 1.807) is 0 Å². The van der Waals surface area contributed by atoms with E-state index in [0.29, 0.717) is 37.4 Å². The predicted molar refractivity (Wildman–Crippen MR) is 104 cm³/mol. The first kappa shape index (κ1) is 17.6. The zero-order chi connectivity index (χ0) is 18.6. The van der Waals surface area contributed by atoms with Crippen molar-refractivity contribution >= 4 is 17.5 Å². The fourth-order valence-corrected chi connectivity index (χ4v) is 3.46. The number of benzene rings is 2. The number of para-hydroxylation sites is 3. The molecule has 27 heavy (non-hydrogen) atoms. The van der Waals surface area contributed by atoms with E-state index in [-0.39, 0.29) is 23.7 Å². The minimum atomic E-state index is -0.0713. The molecule has 1 heterocycles. The Labute approximate surface area is 159 Å². The van der Waals surface area contributed by atoms with E-state index >= 15 is 0 Å². The molecule has 0 spiro atoms. The van der Waals surface area contributed by atoms with Gasteiger partial charge in [0.25, 0.3) is 0 Å². The molecule has 0 radical (unpaired) electrons. The highest BCUT2D eigenvalue weighted by molar-refractivity contribution is 5.94. The van der Waals surface area contributed by atoms with E-state index in [4.69, 9.17) is 4.74 Å². The second-order valence-electron chi connectivity index (χ2n) is 7.27. The highest BCUT2D eigenvalue weighted by Gasteiger charge is 2.36. The van der Waals surface area contributed by atoms with Crippen molar-refractivity contribution < 1.29 is 14.3 Å². The Bertz CT molecular complexity index is 809. The molecule has 1 saturated carbocycles. The van der Waals surface area contributed by atoms with E-state index in [9.17, 15) is 9.59 Å². The molecule has 140 valence electrons. The molecule has 1 N–H and O–H groups in total. The van der Waals surface area contributed by atoms with Crippen LogP contribution in [0.2, 0.25) is 0 Å². The lowest BCUT2D eigenvalue weighted by Gasteiger charge is -2.31. The number of amides is 2. The maximum atomic E-state index is 12.7. The number of likely N-dealkylation sites (tertiary alicyclic amines) is 1. The van der Waals surface area contributed by atoms with E-state index in [0.717, 1.165) is 18.6 Å². The van der Waals surface area contributed by atoms with Crippen molar-refractivity contribution in [2.45, 2.75) is 25.7 Å². The molecule has 0 unspecified atom stereocenters. The van der Waals surface area contributed by atoms with Crippen molar-refractivity contribution in [2.75, 3.05) is 18.4 Å². The van der Waals surface area contributed by atoms with Crippen LogP contribution in [0.1, 0.15) is 25.7 Å². The van der Waals surface area contributed by atoms with Crippen LogP contribution in [0, 0.1) is 11.8 Å². The van der Waals surface area contributed by atoms with Crippen LogP contribution in [0.15, 0.2) is 54.6 Å². The largest absolute Gasteiger partial charge is 0.455 e. The first-order valence-electron chi connectivity index (χ1n) is 9.62. The third-order valence-electron chi connectivity index (χ3n) is 5.22. The number of nitrogens with zero attached hydrogens (tertiary/aromatic N) is 1. The Hall–Kier alpha value is -2.82. The lowest BCUT2D eigenvalue weighted by atomic mass is 9.95. The summed E-state index contributed by atoms with van der Waals surface area (Å²) in [6.07, 6.45) is 3.48. The minimum absolute atomic E-state index is 0.00219. The first-order chi connectivity index (χ1) is 13.2. The van der Waals surface area contributed by atoms with E-state index in [1.165, 1.54) is 0 Å². The predicted octanol–water partition coefficient (Wildman–Crippen LogP) is 4.07. The zero-order valence-corrected chi connectivity index (χ0v) is 15.3. The quantitative estimate of drug-likeness (QED) is 0.870. The fourth-order valence-electron chi connectivity index (χ4n) is 3.46. The van der Waals surface area contributed by atoms with Crippen LogP contribution < -0.4 is 10.1 Å². The summed E-state index contributed by atoms with van der Waals surface area (Å²) >= 11 is 0. The van der Waals surface area contributed by atoms with Gasteiger partial charge in [-0.2, -0.15) is 0 Å². The summed E-state index contributed by atoms with van der Waals surface area (Å²) < 4.78 is 5.91. The van der Waals surface area contributed by atoms with Crippen LogP contribution in [-0.2, 0) is 9.59 Å². The van der Waals surface area contributed by atoms with Crippen LogP contribution in [0.4, 0.5) is 5.69 Å². The Morgan fingerprint density at radius 2 is 1.52 bits per heavy atom. The number of hydrogen-bond donors (Lipinski definition) is 1. The SMILES string of the molecule is O=C(Nc1ccccc1Oc1ccccc1)C1CCN(C(=O)C2CC2)CC1. The summed E-state index contributed by atoms with van der Waals surface area (Å²) in [6.45, 7) is 1.35. The molecule has 0 bridgehead atoms. The first-order valence-corrected chi connectivity index (χ1v) is 9.62. The lowest BCUT2D eigenvalue weighted by molar-refractivity contribution is -0.135. The molecule has 5 heteroatoms. The van der Waals surface area contributed by atoms with Gasteiger partial charge in [0.05, 0.1) is 5.69 Å². The second-order valence-corrected chi connectivity index (χ2v) is 7.27. The van der Waals surface area contributed by atoms with E-state index < -0.39 is 0 Å². The molecule has 1 saturated heterocycles. The van der Waals surface area contributed by atoms with Gasteiger partial charge < -0.3 is 15.0 Å². The van der Waals surface area contributed by atoms with Gasteiger partial charge in [-0.3, -0.25) is 9.59 Å². The molecule has 4 rings (SSSR count). The van der Waals surface area contributed by atoms with Crippen molar-refractivity contribution in [3.63, 3.8) is 0 Å². The maximum absolute atomic E-state index is 12.7. The van der Waals surface area contributed by atoms with Crippen LogP contribution in [0.5, 0.6) is 11.5 Å². The number of hydrogen-bond acceptors (Lipinski definition) is 3. The summed E-state index contributed by atoms with van der Waals surface area (Å²) in [4.78, 5) is 26.8. The molecular weight excluding hydrogens is 340 g/mol. The highest BCUT2D eigenvalue weighted by Crippen LogP contribution is 2.33. The monoisotopic (exact) mass is 364 g/mol. The lowest BCUT2D eigenvalue weighted by Crippen LogP contribution is -2.42. The van der Waals surface area contributed by atoms with Crippen molar-refractivity contribution in [2.24, 2.45) is 11.8 Å². The fraction of sp³-hybridized carbons (Fsp3) is 0.364. The molecule has 0 aromatic heterocycles. The molecule has 1 aliphatic heterocycles. The van der Waals surface area contributed by atoms with Gasteiger partial charge >= 0.3 is 0 Å². The van der Waals surface area contributed by atoms with Crippen LogP contribution in [0.25, 0.3) is 0 Å².